The average Bonchev–Trinajstić information content (AvgIpc) is 3.03. The van der Waals surface area contributed by atoms with Gasteiger partial charge in [0.2, 0.25) is 5.91 Å². The highest BCUT2D eigenvalue weighted by Crippen LogP contribution is 2.29. The molecule has 1 saturated heterocycles. The molecule has 0 radical (unpaired) electrons. The molecule has 2 N–H and O–H groups in total. The van der Waals surface area contributed by atoms with Crippen molar-refractivity contribution in [1.82, 2.24) is 4.90 Å². The molecule has 0 aromatic heterocycles. The van der Waals surface area contributed by atoms with Crippen LogP contribution in [0.25, 0.3) is 0 Å². The molecule has 2 aliphatic rings. The summed E-state index contributed by atoms with van der Waals surface area (Å²) < 4.78 is 4.64. The van der Waals surface area contributed by atoms with Gasteiger partial charge in [0.1, 0.15) is 6.04 Å². The van der Waals surface area contributed by atoms with Crippen LogP contribution in [0.4, 0.5) is 0 Å². The van der Waals surface area contributed by atoms with Crippen LogP contribution in [0.3, 0.4) is 0 Å². The number of hydrogen-bond acceptors (Lipinski definition) is 5. The summed E-state index contributed by atoms with van der Waals surface area (Å²) in [7, 11) is 1.36. The van der Waals surface area contributed by atoms with Crippen LogP contribution in [0, 0.1) is 5.92 Å². The standard InChI is InChI=1S/C17H30N2O3S/c1-22-17(21)15(18)12-23-11-14-8-5-9-19(14)16(20)10-13-6-3-2-4-7-13/h13-15H,2-12,18H2,1H3/t14-,15+/m0/s1. The second-order valence-corrected chi connectivity index (χ2v) is 7.83. The molecule has 2 fully saturated rings. The van der Waals surface area contributed by atoms with Crippen molar-refractivity contribution in [3.8, 4) is 0 Å². The Bertz CT molecular complexity index is 399. The van der Waals surface area contributed by atoms with E-state index in [1.807, 2.05) is 0 Å². The van der Waals surface area contributed by atoms with E-state index in [-0.39, 0.29) is 5.97 Å². The zero-order valence-corrected chi connectivity index (χ0v) is 15.0. The SMILES string of the molecule is COC(=O)[C@H](N)CSC[C@@H]1CCCN1C(=O)CC1CCCCC1. The van der Waals surface area contributed by atoms with Crippen molar-refractivity contribution in [2.75, 3.05) is 25.2 Å². The molecule has 0 aromatic carbocycles. The Morgan fingerprint density at radius 3 is 2.65 bits per heavy atom. The Kier molecular flexibility index (Phi) is 7.70. The molecule has 1 heterocycles. The third-order valence-electron chi connectivity index (χ3n) is 5.00. The molecule has 5 nitrogen and oxygen atoms in total. The van der Waals surface area contributed by atoms with Crippen LogP contribution in [0.15, 0.2) is 0 Å². The number of esters is 1. The molecular weight excluding hydrogens is 312 g/mol. The summed E-state index contributed by atoms with van der Waals surface area (Å²) in [5.74, 6) is 1.97. The highest BCUT2D eigenvalue weighted by Gasteiger charge is 2.30. The molecule has 1 saturated carbocycles. The van der Waals surface area contributed by atoms with Gasteiger partial charge in [-0.15, -0.1) is 0 Å². The molecule has 2 rings (SSSR count). The molecular formula is C17H30N2O3S. The topological polar surface area (TPSA) is 72.6 Å². The summed E-state index contributed by atoms with van der Waals surface area (Å²) in [5.41, 5.74) is 5.75. The van der Waals surface area contributed by atoms with Gasteiger partial charge in [0.25, 0.3) is 0 Å². The highest BCUT2D eigenvalue weighted by molar-refractivity contribution is 7.99. The predicted octanol–water partition coefficient (Wildman–Crippen LogP) is 2.18. The third kappa shape index (κ3) is 5.68. The normalized spacial score (nSPS) is 23.7. The monoisotopic (exact) mass is 342 g/mol. The number of rotatable bonds is 7. The molecule has 0 aromatic rings. The van der Waals surface area contributed by atoms with Crippen LogP contribution < -0.4 is 5.73 Å². The van der Waals surface area contributed by atoms with Gasteiger partial charge in [0.05, 0.1) is 7.11 Å². The van der Waals surface area contributed by atoms with E-state index in [2.05, 4.69) is 9.64 Å². The quantitative estimate of drug-likeness (QED) is 0.718. The Labute approximate surface area is 143 Å². The van der Waals surface area contributed by atoms with Crippen LogP contribution >= 0.6 is 11.8 Å². The van der Waals surface area contributed by atoms with Crippen molar-refractivity contribution in [2.45, 2.75) is 63.5 Å². The lowest BCUT2D eigenvalue weighted by Crippen LogP contribution is -2.39. The fraction of sp³-hybridized carbons (Fsp3) is 0.882. The molecule has 132 valence electrons. The summed E-state index contributed by atoms with van der Waals surface area (Å²) in [4.78, 5) is 26.0. The lowest BCUT2D eigenvalue weighted by Gasteiger charge is -2.28. The number of methoxy groups -OCH3 is 1. The second kappa shape index (κ2) is 9.52. The van der Waals surface area contributed by atoms with E-state index in [1.165, 1.54) is 39.2 Å². The molecule has 1 aliphatic heterocycles. The van der Waals surface area contributed by atoms with E-state index >= 15 is 0 Å². The van der Waals surface area contributed by atoms with Crippen molar-refractivity contribution < 1.29 is 14.3 Å². The summed E-state index contributed by atoms with van der Waals surface area (Å²) in [6.07, 6.45) is 9.20. The van der Waals surface area contributed by atoms with E-state index in [4.69, 9.17) is 5.73 Å². The first-order valence-electron chi connectivity index (χ1n) is 8.82. The smallest absolute Gasteiger partial charge is 0.323 e. The Hall–Kier alpha value is -0.750. The Morgan fingerprint density at radius 1 is 1.22 bits per heavy atom. The van der Waals surface area contributed by atoms with Crippen LogP contribution in [-0.2, 0) is 14.3 Å². The van der Waals surface area contributed by atoms with Gasteiger partial charge in [-0.05, 0) is 31.6 Å². The van der Waals surface area contributed by atoms with Crippen LogP contribution in [0.5, 0.6) is 0 Å². The number of carbonyl (C=O) groups excluding carboxylic acids is 2. The lowest BCUT2D eigenvalue weighted by atomic mass is 9.86. The maximum absolute atomic E-state index is 12.6. The van der Waals surface area contributed by atoms with Crippen molar-refractivity contribution in [1.29, 1.82) is 0 Å². The zero-order valence-electron chi connectivity index (χ0n) is 14.2. The molecule has 0 bridgehead atoms. The largest absolute Gasteiger partial charge is 0.468 e. The number of hydrogen-bond donors (Lipinski definition) is 1. The van der Waals surface area contributed by atoms with Crippen LogP contribution in [0.2, 0.25) is 0 Å². The first kappa shape index (κ1) is 18.6. The summed E-state index contributed by atoms with van der Waals surface area (Å²) in [6, 6.07) is -0.265. The van der Waals surface area contributed by atoms with Crippen LogP contribution in [-0.4, -0.2) is 54.0 Å². The van der Waals surface area contributed by atoms with Crippen molar-refractivity contribution in [2.24, 2.45) is 11.7 Å². The second-order valence-electron chi connectivity index (χ2n) is 6.76. The zero-order chi connectivity index (χ0) is 16.7. The van der Waals surface area contributed by atoms with Gasteiger partial charge in [-0.3, -0.25) is 9.59 Å². The number of amides is 1. The van der Waals surface area contributed by atoms with Crippen molar-refractivity contribution in [3.05, 3.63) is 0 Å². The predicted molar refractivity (Wildman–Crippen MR) is 93.2 cm³/mol. The van der Waals surface area contributed by atoms with E-state index in [1.54, 1.807) is 11.8 Å². The molecule has 1 aliphatic carbocycles. The fourth-order valence-electron chi connectivity index (χ4n) is 3.64. The number of nitrogens with zero attached hydrogens (tertiary/aromatic N) is 1. The van der Waals surface area contributed by atoms with Crippen molar-refractivity contribution in [3.63, 3.8) is 0 Å². The minimum atomic E-state index is -0.571. The minimum Gasteiger partial charge on any atom is -0.468 e. The maximum Gasteiger partial charge on any atom is 0.323 e. The van der Waals surface area contributed by atoms with Gasteiger partial charge in [0, 0.05) is 30.5 Å². The van der Waals surface area contributed by atoms with E-state index in [9.17, 15) is 9.59 Å². The molecule has 2 atom stereocenters. The molecule has 1 amide bonds. The molecule has 6 heteroatoms. The summed E-state index contributed by atoms with van der Waals surface area (Å²) >= 11 is 1.65. The minimum absolute atomic E-state index is 0.306. The molecule has 23 heavy (non-hydrogen) atoms. The lowest BCUT2D eigenvalue weighted by molar-refractivity contribution is -0.141. The maximum atomic E-state index is 12.6. The number of likely N-dealkylation sites (tertiary alicyclic amines) is 1. The third-order valence-corrected chi connectivity index (χ3v) is 6.21. The number of nitrogens with two attached hydrogens (primary N) is 1. The number of ether oxygens (including phenoxy) is 1. The van der Waals surface area contributed by atoms with Crippen LogP contribution in [0.1, 0.15) is 51.4 Å². The summed E-state index contributed by atoms with van der Waals surface area (Å²) in [6.45, 7) is 0.889. The Balaban J connectivity index is 1.73. The number of carbonyl (C=O) groups is 2. The van der Waals surface area contributed by atoms with Crippen molar-refractivity contribution >= 4 is 23.6 Å². The summed E-state index contributed by atoms with van der Waals surface area (Å²) in [5, 5.41) is 0. The first-order valence-corrected chi connectivity index (χ1v) is 9.98. The van der Waals surface area contributed by atoms with Gasteiger partial charge >= 0.3 is 5.97 Å². The Morgan fingerprint density at radius 2 is 1.96 bits per heavy atom. The highest BCUT2D eigenvalue weighted by atomic mass is 32.2. The van der Waals surface area contributed by atoms with E-state index in [0.717, 1.165) is 31.6 Å². The van der Waals surface area contributed by atoms with Gasteiger partial charge < -0.3 is 15.4 Å². The van der Waals surface area contributed by atoms with Gasteiger partial charge in [-0.25, -0.2) is 0 Å². The van der Waals surface area contributed by atoms with Gasteiger partial charge in [-0.2, -0.15) is 11.8 Å². The fourth-order valence-corrected chi connectivity index (χ4v) is 4.79. The van der Waals surface area contributed by atoms with E-state index in [0.29, 0.717) is 23.6 Å². The first-order chi connectivity index (χ1) is 11.1. The molecule has 0 unspecified atom stereocenters. The number of thioether (sulfide) groups is 1. The average molecular weight is 343 g/mol. The molecule has 0 spiro atoms. The van der Waals surface area contributed by atoms with E-state index < -0.39 is 6.04 Å². The van der Waals surface area contributed by atoms with Gasteiger partial charge in [0.15, 0.2) is 0 Å². The van der Waals surface area contributed by atoms with Gasteiger partial charge in [-0.1, -0.05) is 19.3 Å².